The first-order chi connectivity index (χ1) is 7.95. The number of hydrogen-bond donors (Lipinski definition) is 1. The highest BCUT2D eigenvalue weighted by atomic mass is 32.2. The highest BCUT2D eigenvalue weighted by Crippen LogP contribution is 2.13. The van der Waals surface area contributed by atoms with Gasteiger partial charge in [-0.3, -0.25) is 0 Å². The van der Waals surface area contributed by atoms with Gasteiger partial charge < -0.3 is 10.2 Å². The van der Waals surface area contributed by atoms with Gasteiger partial charge in [-0.2, -0.15) is 0 Å². The average molecular weight is 253 g/mol. The van der Waals surface area contributed by atoms with Gasteiger partial charge in [-0.15, -0.1) is 5.10 Å². The molecule has 0 amide bonds. The van der Waals surface area contributed by atoms with Gasteiger partial charge >= 0.3 is 6.01 Å². The fourth-order valence-corrected chi connectivity index (χ4v) is 2.00. The van der Waals surface area contributed by atoms with Crippen molar-refractivity contribution in [2.45, 2.75) is 11.3 Å². The van der Waals surface area contributed by atoms with Gasteiger partial charge in [-0.05, 0) is 17.7 Å². The third-order valence-corrected chi connectivity index (χ3v) is 3.32. The molecule has 90 valence electrons. The van der Waals surface area contributed by atoms with Crippen LogP contribution in [-0.4, -0.2) is 24.9 Å². The Kier molecular flexibility index (Phi) is 2.84. The van der Waals surface area contributed by atoms with Gasteiger partial charge in [0.25, 0.3) is 0 Å². The van der Waals surface area contributed by atoms with E-state index in [4.69, 9.17) is 10.2 Å². The minimum absolute atomic E-state index is 0.0211. The lowest BCUT2D eigenvalue weighted by Crippen LogP contribution is -1.97. The van der Waals surface area contributed by atoms with Gasteiger partial charge in [0.15, 0.2) is 9.84 Å². The molecule has 2 rings (SSSR count). The molecule has 0 aliphatic rings. The molecule has 0 aliphatic heterocycles. The molecule has 1 heterocycles. The minimum atomic E-state index is -3.16. The molecule has 0 bridgehead atoms. The molecule has 7 heteroatoms. The molecule has 2 aromatic rings. The quantitative estimate of drug-likeness (QED) is 0.862. The fraction of sp³-hybridized carbons (Fsp3) is 0.200. The summed E-state index contributed by atoms with van der Waals surface area (Å²) in [7, 11) is -3.16. The van der Waals surface area contributed by atoms with E-state index in [0.29, 0.717) is 12.3 Å². The standard InChI is InChI=1S/C10H11N3O3S/c1-17(14,15)8-4-2-7(3-5-8)6-9-12-13-10(11)16-9/h2-5H,6H2,1H3,(H2,11,13). The number of aromatic nitrogens is 2. The SMILES string of the molecule is CS(=O)(=O)c1ccc(Cc2nnc(N)o2)cc1. The summed E-state index contributed by atoms with van der Waals surface area (Å²) in [6.07, 6.45) is 1.59. The van der Waals surface area contributed by atoms with E-state index in [2.05, 4.69) is 10.2 Å². The fourth-order valence-electron chi connectivity index (χ4n) is 1.37. The number of benzene rings is 1. The predicted octanol–water partition coefficient (Wildman–Crippen LogP) is 0.646. The van der Waals surface area contributed by atoms with Crippen molar-refractivity contribution in [3.63, 3.8) is 0 Å². The molecular formula is C10H11N3O3S. The number of nitrogen functional groups attached to an aromatic ring is 1. The van der Waals surface area contributed by atoms with Crippen LogP contribution in [0.1, 0.15) is 11.5 Å². The van der Waals surface area contributed by atoms with Crippen molar-refractivity contribution < 1.29 is 12.8 Å². The molecule has 0 spiro atoms. The molecule has 0 saturated carbocycles. The van der Waals surface area contributed by atoms with Gasteiger partial charge in [0, 0.05) is 6.26 Å². The van der Waals surface area contributed by atoms with Crippen LogP contribution in [0.15, 0.2) is 33.6 Å². The summed E-state index contributed by atoms with van der Waals surface area (Å²) in [6, 6.07) is 6.52. The van der Waals surface area contributed by atoms with E-state index in [-0.39, 0.29) is 10.9 Å². The summed E-state index contributed by atoms with van der Waals surface area (Å²) >= 11 is 0. The van der Waals surface area contributed by atoms with Crippen LogP contribution in [0, 0.1) is 0 Å². The molecular weight excluding hydrogens is 242 g/mol. The average Bonchev–Trinajstić information content (AvgIpc) is 2.63. The lowest BCUT2D eigenvalue weighted by Gasteiger charge is -2.00. The van der Waals surface area contributed by atoms with Gasteiger partial charge in [0.2, 0.25) is 5.89 Å². The maximum Gasteiger partial charge on any atom is 0.312 e. The first-order valence-electron chi connectivity index (χ1n) is 4.82. The largest absolute Gasteiger partial charge is 0.408 e. The lowest BCUT2D eigenvalue weighted by atomic mass is 10.1. The Morgan fingerprint density at radius 2 is 1.88 bits per heavy atom. The number of rotatable bonds is 3. The predicted molar refractivity (Wildman–Crippen MR) is 61.1 cm³/mol. The molecule has 17 heavy (non-hydrogen) atoms. The maximum atomic E-state index is 11.2. The second-order valence-corrected chi connectivity index (χ2v) is 5.64. The second kappa shape index (κ2) is 4.17. The van der Waals surface area contributed by atoms with Crippen molar-refractivity contribution in [2.24, 2.45) is 0 Å². The highest BCUT2D eigenvalue weighted by molar-refractivity contribution is 7.90. The zero-order valence-electron chi connectivity index (χ0n) is 9.12. The first-order valence-corrected chi connectivity index (χ1v) is 6.71. The normalized spacial score (nSPS) is 11.6. The molecule has 0 fully saturated rings. The van der Waals surface area contributed by atoms with E-state index >= 15 is 0 Å². The summed E-state index contributed by atoms with van der Waals surface area (Å²) in [4.78, 5) is 0.284. The van der Waals surface area contributed by atoms with E-state index in [0.717, 1.165) is 5.56 Å². The van der Waals surface area contributed by atoms with Crippen LogP contribution < -0.4 is 5.73 Å². The van der Waals surface area contributed by atoms with Gasteiger partial charge in [-0.25, -0.2) is 8.42 Å². The van der Waals surface area contributed by atoms with Crippen molar-refractivity contribution in [1.82, 2.24) is 10.2 Å². The summed E-state index contributed by atoms with van der Waals surface area (Å²) in [5.74, 6) is 0.398. The Balaban J connectivity index is 2.19. The zero-order chi connectivity index (χ0) is 12.5. The van der Waals surface area contributed by atoms with Crippen LogP contribution in [-0.2, 0) is 16.3 Å². The minimum Gasteiger partial charge on any atom is -0.408 e. The second-order valence-electron chi connectivity index (χ2n) is 3.63. The Bertz CT molecular complexity index is 617. The van der Waals surface area contributed by atoms with Crippen LogP contribution in [0.4, 0.5) is 6.01 Å². The van der Waals surface area contributed by atoms with Crippen LogP contribution in [0.3, 0.4) is 0 Å². The topological polar surface area (TPSA) is 99.1 Å². The number of nitrogens with zero attached hydrogens (tertiary/aromatic N) is 2. The summed E-state index contributed by atoms with van der Waals surface area (Å²) in [5, 5.41) is 7.26. The first kappa shape index (κ1) is 11.6. The van der Waals surface area contributed by atoms with E-state index in [1.54, 1.807) is 24.3 Å². The van der Waals surface area contributed by atoms with Crippen molar-refractivity contribution >= 4 is 15.9 Å². The maximum absolute atomic E-state index is 11.2. The third kappa shape index (κ3) is 2.82. The monoisotopic (exact) mass is 253 g/mol. The molecule has 0 saturated heterocycles. The highest BCUT2D eigenvalue weighted by Gasteiger charge is 2.08. The van der Waals surface area contributed by atoms with E-state index < -0.39 is 9.84 Å². The zero-order valence-corrected chi connectivity index (χ0v) is 9.94. The Morgan fingerprint density at radius 1 is 1.24 bits per heavy atom. The van der Waals surface area contributed by atoms with E-state index in [1.165, 1.54) is 6.26 Å². The number of sulfone groups is 1. The molecule has 0 atom stereocenters. The van der Waals surface area contributed by atoms with Crippen LogP contribution in [0.5, 0.6) is 0 Å². The summed E-state index contributed by atoms with van der Waals surface area (Å²) < 4.78 is 27.5. The molecule has 0 radical (unpaired) electrons. The van der Waals surface area contributed by atoms with Crippen molar-refractivity contribution in [2.75, 3.05) is 12.0 Å². The Hall–Kier alpha value is -1.89. The number of hydrogen-bond acceptors (Lipinski definition) is 6. The van der Waals surface area contributed by atoms with Crippen molar-refractivity contribution in [3.8, 4) is 0 Å². The van der Waals surface area contributed by atoms with Gasteiger partial charge in [0.1, 0.15) is 0 Å². The summed E-state index contributed by atoms with van der Waals surface area (Å²) in [6.45, 7) is 0. The van der Waals surface area contributed by atoms with Gasteiger partial charge in [-0.1, -0.05) is 17.2 Å². The van der Waals surface area contributed by atoms with Gasteiger partial charge in [0.05, 0.1) is 11.3 Å². The molecule has 1 aromatic heterocycles. The smallest absolute Gasteiger partial charge is 0.312 e. The van der Waals surface area contributed by atoms with Crippen molar-refractivity contribution in [3.05, 3.63) is 35.7 Å². The number of nitrogens with two attached hydrogens (primary N) is 1. The number of anilines is 1. The third-order valence-electron chi connectivity index (χ3n) is 2.19. The lowest BCUT2D eigenvalue weighted by molar-refractivity contribution is 0.522. The molecule has 1 aromatic carbocycles. The van der Waals surface area contributed by atoms with E-state index in [9.17, 15) is 8.42 Å². The molecule has 2 N–H and O–H groups in total. The molecule has 0 unspecified atom stereocenters. The molecule has 6 nitrogen and oxygen atoms in total. The summed E-state index contributed by atoms with van der Waals surface area (Å²) in [5.41, 5.74) is 6.17. The van der Waals surface area contributed by atoms with Crippen LogP contribution in [0.2, 0.25) is 0 Å². The Labute approximate surface area is 98.4 Å². The van der Waals surface area contributed by atoms with Crippen LogP contribution in [0.25, 0.3) is 0 Å². The molecule has 0 aliphatic carbocycles. The van der Waals surface area contributed by atoms with E-state index in [1.807, 2.05) is 0 Å². The van der Waals surface area contributed by atoms with Crippen LogP contribution >= 0.6 is 0 Å². The Morgan fingerprint density at radius 3 is 2.35 bits per heavy atom. The van der Waals surface area contributed by atoms with Crippen molar-refractivity contribution in [1.29, 1.82) is 0 Å².